The van der Waals surface area contributed by atoms with Crippen molar-refractivity contribution in [3.05, 3.63) is 53.6 Å². The Morgan fingerprint density at radius 2 is 1.85 bits per heavy atom. The molecule has 0 saturated heterocycles. The fourth-order valence-electron chi connectivity index (χ4n) is 2.48. The van der Waals surface area contributed by atoms with Gasteiger partial charge in [-0.05, 0) is 30.7 Å². The van der Waals surface area contributed by atoms with Crippen molar-refractivity contribution < 1.29 is 4.79 Å². The summed E-state index contributed by atoms with van der Waals surface area (Å²) in [5.74, 6) is -0.418. The van der Waals surface area contributed by atoms with Gasteiger partial charge in [0.2, 0.25) is 5.91 Å². The lowest BCUT2D eigenvalue weighted by molar-refractivity contribution is 0.100. The predicted octanol–water partition coefficient (Wildman–Crippen LogP) is 2.65. The van der Waals surface area contributed by atoms with E-state index in [0.717, 1.165) is 22.2 Å². The molecule has 0 bridgehead atoms. The maximum Gasteiger partial charge on any atom is 0.248 e. The number of aromatic nitrogens is 2. The zero-order chi connectivity index (χ0) is 14.3. The quantitative estimate of drug-likeness (QED) is 0.774. The van der Waals surface area contributed by atoms with Gasteiger partial charge in [-0.1, -0.05) is 24.3 Å². The molecule has 1 heterocycles. The number of nitrogens with two attached hydrogens (primary N) is 1. The Labute approximate surface area is 116 Å². The number of hydrogen-bond acceptors (Lipinski definition) is 2. The first-order valence-electron chi connectivity index (χ1n) is 6.40. The molecule has 20 heavy (non-hydrogen) atoms. The van der Waals surface area contributed by atoms with E-state index in [9.17, 15) is 4.79 Å². The van der Waals surface area contributed by atoms with Crippen LogP contribution in [-0.4, -0.2) is 15.7 Å². The van der Waals surface area contributed by atoms with Crippen LogP contribution < -0.4 is 5.73 Å². The van der Waals surface area contributed by atoms with Gasteiger partial charge in [0, 0.05) is 23.6 Å². The summed E-state index contributed by atoms with van der Waals surface area (Å²) in [6, 6.07) is 13.4. The van der Waals surface area contributed by atoms with Crippen molar-refractivity contribution in [2.75, 3.05) is 0 Å². The Morgan fingerprint density at radius 1 is 1.15 bits per heavy atom. The van der Waals surface area contributed by atoms with Crippen LogP contribution >= 0.6 is 0 Å². The van der Waals surface area contributed by atoms with Gasteiger partial charge < -0.3 is 5.73 Å². The number of hydrogen-bond donors (Lipinski definition) is 1. The minimum absolute atomic E-state index is 0.418. The van der Waals surface area contributed by atoms with Crippen molar-refractivity contribution in [2.45, 2.75) is 6.92 Å². The number of benzene rings is 2. The van der Waals surface area contributed by atoms with Gasteiger partial charge in [-0.15, -0.1) is 0 Å². The number of amides is 1. The number of fused-ring (bicyclic) bond motifs is 1. The van der Waals surface area contributed by atoms with Crippen molar-refractivity contribution in [1.29, 1.82) is 0 Å². The smallest absolute Gasteiger partial charge is 0.248 e. The highest BCUT2D eigenvalue weighted by molar-refractivity contribution is 5.97. The zero-order valence-electron chi connectivity index (χ0n) is 11.4. The van der Waals surface area contributed by atoms with E-state index in [1.807, 2.05) is 29.9 Å². The van der Waals surface area contributed by atoms with Crippen LogP contribution in [-0.2, 0) is 7.05 Å². The molecule has 0 saturated carbocycles. The predicted molar refractivity (Wildman–Crippen MR) is 79.4 cm³/mol. The van der Waals surface area contributed by atoms with E-state index in [1.54, 1.807) is 12.1 Å². The normalized spacial score (nSPS) is 10.9. The first-order valence-corrected chi connectivity index (χ1v) is 6.40. The average molecular weight is 265 g/mol. The van der Waals surface area contributed by atoms with E-state index in [0.29, 0.717) is 5.56 Å². The van der Waals surface area contributed by atoms with E-state index in [4.69, 9.17) is 5.73 Å². The number of rotatable bonds is 2. The molecule has 0 spiro atoms. The fraction of sp³-hybridized carbons (Fsp3) is 0.125. The minimum atomic E-state index is -0.418. The molecule has 4 nitrogen and oxygen atoms in total. The van der Waals surface area contributed by atoms with Crippen LogP contribution in [0.15, 0.2) is 42.5 Å². The second kappa shape index (κ2) is 4.49. The van der Waals surface area contributed by atoms with E-state index < -0.39 is 5.91 Å². The molecule has 2 N–H and O–H groups in total. The Hall–Kier alpha value is -2.62. The lowest BCUT2D eigenvalue weighted by Gasteiger charge is -2.01. The summed E-state index contributed by atoms with van der Waals surface area (Å²) in [6.07, 6.45) is 0. The lowest BCUT2D eigenvalue weighted by atomic mass is 10.0. The zero-order valence-corrected chi connectivity index (χ0v) is 11.4. The fourth-order valence-corrected chi connectivity index (χ4v) is 2.48. The largest absolute Gasteiger partial charge is 0.366 e. The molecular formula is C16H15N3O. The summed E-state index contributed by atoms with van der Waals surface area (Å²) < 4.78 is 1.87. The van der Waals surface area contributed by atoms with E-state index in [1.165, 1.54) is 5.56 Å². The molecule has 0 aliphatic heterocycles. The third kappa shape index (κ3) is 1.86. The Balaban J connectivity index is 2.22. The topological polar surface area (TPSA) is 60.9 Å². The highest BCUT2D eigenvalue weighted by Crippen LogP contribution is 2.30. The third-order valence-corrected chi connectivity index (χ3v) is 3.53. The van der Waals surface area contributed by atoms with Crippen LogP contribution in [0.2, 0.25) is 0 Å². The van der Waals surface area contributed by atoms with Crippen LogP contribution in [0.5, 0.6) is 0 Å². The molecular weight excluding hydrogens is 250 g/mol. The van der Waals surface area contributed by atoms with E-state index in [2.05, 4.69) is 24.2 Å². The number of carbonyl (C=O) groups is 1. The molecule has 0 aliphatic carbocycles. The maximum atomic E-state index is 11.1. The Kier molecular flexibility index (Phi) is 2.79. The number of aryl methyl sites for hydroxylation is 2. The van der Waals surface area contributed by atoms with Crippen LogP contribution in [0.3, 0.4) is 0 Å². The maximum absolute atomic E-state index is 11.1. The minimum Gasteiger partial charge on any atom is -0.366 e. The second-order valence-corrected chi connectivity index (χ2v) is 4.88. The van der Waals surface area contributed by atoms with Gasteiger partial charge in [-0.3, -0.25) is 9.48 Å². The van der Waals surface area contributed by atoms with Gasteiger partial charge in [-0.2, -0.15) is 5.10 Å². The first-order chi connectivity index (χ1) is 9.58. The number of nitrogens with zero attached hydrogens (tertiary/aromatic N) is 2. The Morgan fingerprint density at radius 3 is 2.50 bits per heavy atom. The van der Waals surface area contributed by atoms with E-state index >= 15 is 0 Å². The second-order valence-electron chi connectivity index (χ2n) is 4.88. The number of carbonyl (C=O) groups excluding carboxylic acids is 1. The van der Waals surface area contributed by atoms with Crippen LogP contribution in [0.25, 0.3) is 22.2 Å². The monoisotopic (exact) mass is 265 g/mol. The average Bonchev–Trinajstić information content (AvgIpc) is 2.78. The molecule has 0 aliphatic rings. The molecule has 1 aromatic heterocycles. The SMILES string of the molecule is Cc1cccc2c1c(-c1ccc(C(N)=O)cc1)nn2C. The summed E-state index contributed by atoms with van der Waals surface area (Å²) in [4.78, 5) is 11.1. The van der Waals surface area contributed by atoms with Gasteiger partial charge in [-0.25, -0.2) is 0 Å². The molecule has 100 valence electrons. The summed E-state index contributed by atoms with van der Waals surface area (Å²) in [5, 5.41) is 5.74. The summed E-state index contributed by atoms with van der Waals surface area (Å²) in [5.41, 5.74) is 9.96. The van der Waals surface area contributed by atoms with E-state index in [-0.39, 0.29) is 0 Å². The van der Waals surface area contributed by atoms with Gasteiger partial charge in [0.1, 0.15) is 5.69 Å². The molecule has 1 amide bonds. The standard InChI is InChI=1S/C16H15N3O/c1-10-4-3-5-13-14(10)15(18-19(13)2)11-6-8-12(9-7-11)16(17)20/h3-9H,1-2H3,(H2,17,20). The van der Waals surface area contributed by atoms with Crippen LogP contribution in [0.4, 0.5) is 0 Å². The van der Waals surface area contributed by atoms with Crippen molar-refractivity contribution >= 4 is 16.8 Å². The molecule has 0 atom stereocenters. The van der Waals surface area contributed by atoms with Gasteiger partial charge in [0.05, 0.1) is 5.52 Å². The summed E-state index contributed by atoms with van der Waals surface area (Å²) in [6.45, 7) is 2.07. The van der Waals surface area contributed by atoms with Crippen LogP contribution in [0, 0.1) is 6.92 Å². The molecule has 0 unspecified atom stereocenters. The highest BCUT2D eigenvalue weighted by atomic mass is 16.1. The first kappa shape index (κ1) is 12.4. The number of primary amides is 1. The van der Waals surface area contributed by atoms with Crippen molar-refractivity contribution in [1.82, 2.24) is 9.78 Å². The Bertz CT molecular complexity index is 800. The van der Waals surface area contributed by atoms with Crippen molar-refractivity contribution in [2.24, 2.45) is 12.8 Å². The molecule has 3 rings (SSSR count). The van der Waals surface area contributed by atoms with Crippen LogP contribution in [0.1, 0.15) is 15.9 Å². The van der Waals surface area contributed by atoms with Gasteiger partial charge in [0.25, 0.3) is 0 Å². The summed E-state index contributed by atoms with van der Waals surface area (Å²) in [7, 11) is 1.93. The molecule has 0 fully saturated rings. The van der Waals surface area contributed by atoms with Gasteiger partial charge >= 0.3 is 0 Å². The lowest BCUT2D eigenvalue weighted by Crippen LogP contribution is -2.10. The molecule has 3 aromatic rings. The molecule has 0 radical (unpaired) electrons. The third-order valence-electron chi connectivity index (χ3n) is 3.53. The molecule has 4 heteroatoms. The van der Waals surface area contributed by atoms with Crippen molar-refractivity contribution in [3.63, 3.8) is 0 Å². The van der Waals surface area contributed by atoms with Gasteiger partial charge in [0.15, 0.2) is 0 Å². The van der Waals surface area contributed by atoms with Crippen molar-refractivity contribution in [3.8, 4) is 11.3 Å². The highest BCUT2D eigenvalue weighted by Gasteiger charge is 2.12. The summed E-state index contributed by atoms with van der Waals surface area (Å²) >= 11 is 0. The molecule has 2 aromatic carbocycles.